The maximum atomic E-state index is 8.19. The molecule has 0 saturated carbocycles. The highest BCUT2D eigenvalue weighted by atomic mass is 16.3. The molecule has 2 aromatic rings. The summed E-state index contributed by atoms with van der Waals surface area (Å²) in [6.07, 6.45) is 0. The molecule has 0 saturated heterocycles. The lowest BCUT2D eigenvalue weighted by Crippen LogP contribution is -2.07. The molecule has 1 aliphatic carbocycles. The van der Waals surface area contributed by atoms with Gasteiger partial charge in [0.2, 0.25) is 0 Å². The second-order valence-corrected chi connectivity index (χ2v) is 6.00. The van der Waals surface area contributed by atoms with E-state index in [0.29, 0.717) is 16.7 Å². The molecule has 0 spiro atoms. The van der Waals surface area contributed by atoms with Crippen molar-refractivity contribution in [2.45, 2.75) is 19.9 Å². The molecule has 0 radical (unpaired) electrons. The molecule has 114 valence electrons. The normalized spacial score (nSPS) is 13.0. The van der Waals surface area contributed by atoms with E-state index in [1.54, 1.807) is 6.07 Å². The Hall–Kier alpha value is -2.72. The molecule has 1 unspecified atom stereocenters. The number of hydrogen-bond acceptors (Lipinski definition) is 4. The minimum atomic E-state index is -0.0614. The average Bonchev–Trinajstić information content (AvgIpc) is 2.53. The van der Waals surface area contributed by atoms with E-state index in [4.69, 9.17) is 20.5 Å². The molecule has 4 nitrogen and oxygen atoms in total. The molecule has 23 heavy (non-hydrogen) atoms. The zero-order valence-electron chi connectivity index (χ0n) is 13.1. The SMILES string of the molecule is Cc1cc2nc3c4ccccc4c(=N)cc-3oc2cc1C(C)N. The highest BCUT2D eigenvalue weighted by Gasteiger charge is 2.15. The molecule has 0 amide bonds. The number of nitrogens with one attached hydrogen (secondary N) is 1. The summed E-state index contributed by atoms with van der Waals surface area (Å²) >= 11 is 0. The van der Waals surface area contributed by atoms with Crippen molar-refractivity contribution < 1.29 is 4.42 Å². The molecular weight excluding hydrogens is 286 g/mol. The number of nitrogens with two attached hydrogens (primary N) is 1. The van der Waals surface area contributed by atoms with E-state index in [1.165, 1.54) is 0 Å². The van der Waals surface area contributed by atoms with Crippen molar-refractivity contribution in [2.75, 3.05) is 0 Å². The van der Waals surface area contributed by atoms with Crippen LogP contribution in [0.15, 0.2) is 46.9 Å². The molecule has 1 atom stereocenters. The molecule has 4 heteroatoms. The highest BCUT2D eigenvalue weighted by molar-refractivity contribution is 5.96. The fourth-order valence-corrected chi connectivity index (χ4v) is 3.11. The molecule has 0 aromatic heterocycles. The first kappa shape index (κ1) is 13.9. The van der Waals surface area contributed by atoms with Crippen LogP contribution in [0.4, 0.5) is 0 Å². The summed E-state index contributed by atoms with van der Waals surface area (Å²) in [4.78, 5) is 4.79. The summed E-state index contributed by atoms with van der Waals surface area (Å²) in [5, 5.41) is 10.5. The van der Waals surface area contributed by atoms with Gasteiger partial charge in [0.15, 0.2) is 11.3 Å². The van der Waals surface area contributed by atoms with Crippen molar-refractivity contribution in [1.29, 1.82) is 5.41 Å². The molecule has 1 aliphatic heterocycles. The van der Waals surface area contributed by atoms with Crippen molar-refractivity contribution in [2.24, 2.45) is 5.73 Å². The second-order valence-electron chi connectivity index (χ2n) is 6.00. The highest BCUT2D eigenvalue weighted by Crippen LogP contribution is 2.31. The van der Waals surface area contributed by atoms with Crippen molar-refractivity contribution in [3.05, 3.63) is 58.9 Å². The van der Waals surface area contributed by atoms with Gasteiger partial charge in [0, 0.05) is 22.9 Å². The van der Waals surface area contributed by atoms with Crippen LogP contribution in [-0.4, -0.2) is 4.98 Å². The van der Waals surface area contributed by atoms with Crippen molar-refractivity contribution in [3.8, 4) is 11.5 Å². The third-order valence-electron chi connectivity index (χ3n) is 4.27. The van der Waals surface area contributed by atoms with Gasteiger partial charge in [-0.2, -0.15) is 0 Å². The zero-order valence-corrected chi connectivity index (χ0v) is 13.1. The third-order valence-corrected chi connectivity index (χ3v) is 4.27. The van der Waals surface area contributed by atoms with Crippen molar-refractivity contribution in [1.82, 2.24) is 4.98 Å². The van der Waals surface area contributed by atoms with E-state index in [2.05, 4.69) is 0 Å². The van der Waals surface area contributed by atoms with Crippen LogP contribution in [0.25, 0.3) is 33.3 Å². The van der Waals surface area contributed by atoms with Crippen LogP contribution in [0.2, 0.25) is 0 Å². The molecule has 1 heterocycles. The summed E-state index contributed by atoms with van der Waals surface area (Å²) in [6.45, 7) is 3.99. The maximum absolute atomic E-state index is 8.19. The van der Waals surface area contributed by atoms with E-state index < -0.39 is 0 Å². The van der Waals surface area contributed by atoms with Crippen LogP contribution in [0.3, 0.4) is 0 Å². The minimum Gasteiger partial charge on any atom is -0.453 e. The summed E-state index contributed by atoms with van der Waals surface area (Å²) in [7, 11) is 0. The summed E-state index contributed by atoms with van der Waals surface area (Å²) in [6, 6.07) is 13.5. The largest absolute Gasteiger partial charge is 0.453 e. The monoisotopic (exact) mass is 303 g/mol. The van der Waals surface area contributed by atoms with Gasteiger partial charge in [-0.15, -0.1) is 0 Å². The van der Waals surface area contributed by atoms with Crippen LogP contribution in [0, 0.1) is 12.3 Å². The lowest BCUT2D eigenvalue weighted by Gasteiger charge is -2.13. The fourth-order valence-electron chi connectivity index (χ4n) is 3.11. The maximum Gasteiger partial charge on any atom is 0.155 e. The molecule has 2 aliphatic rings. The molecule has 2 aromatic carbocycles. The Morgan fingerprint density at radius 3 is 2.61 bits per heavy atom. The van der Waals surface area contributed by atoms with Gasteiger partial charge in [0.25, 0.3) is 0 Å². The topological polar surface area (TPSA) is 75.9 Å². The Kier molecular flexibility index (Phi) is 2.96. The number of benzene rings is 3. The number of fused-ring (bicyclic) bond motifs is 4. The van der Waals surface area contributed by atoms with Gasteiger partial charge in [-0.1, -0.05) is 24.3 Å². The lowest BCUT2D eigenvalue weighted by atomic mass is 10.0. The predicted octanol–water partition coefficient (Wildman–Crippen LogP) is 3.89. The van der Waals surface area contributed by atoms with E-state index >= 15 is 0 Å². The van der Waals surface area contributed by atoms with Crippen LogP contribution in [0.1, 0.15) is 24.1 Å². The summed E-state index contributed by atoms with van der Waals surface area (Å²) in [5.41, 5.74) is 10.5. The lowest BCUT2D eigenvalue weighted by molar-refractivity contribution is 0.611. The van der Waals surface area contributed by atoms with Gasteiger partial charge in [0.05, 0.1) is 5.36 Å². The Balaban J connectivity index is 2.15. The van der Waals surface area contributed by atoms with E-state index in [9.17, 15) is 0 Å². The number of aryl methyl sites for hydroxylation is 1. The van der Waals surface area contributed by atoms with Crippen LogP contribution in [-0.2, 0) is 0 Å². The van der Waals surface area contributed by atoms with E-state index in [1.807, 2.05) is 50.2 Å². The minimum absolute atomic E-state index is 0.0614. The first-order valence-corrected chi connectivity index (χ1v) is 7.61. The van der Waals surface area contributed by atoms with Gasteiger partial charge in [-0.25, -0.2) is 4.98 Å². The van der Waals surface area contributed by atoms with E-state index in [0.717, 1.165) is 33.1 Å². The van der Waals surface area contributed by atoms with Crippen LogP contribution < -0.4 is 11.1 Å². The fraction of sp³-hybridized carbons (Fsp3) is 0.158. The smallest absolute Gasteiger partial charge is 0.155 e. The van der Waals surface area contributed by atoms with Gasteiger partial charge in [-0.05, 0) is 37.1 Å². The first-order valence-electron chi connectivity index (χ1n) is 7.61. The van der Waals surface area contributed by atoms with Crippen LogP contribution >= 0.6 is 0 Å². The molecular formula is C19H17N3O. The molecule has 0 bridgehead atoms. The van der Waals surface area contributed by atoms with Gasteiger partial charge in [-0.3, -0.25) is 0 Å². The number of aromatic nitrogens is 1. The summed E-state index contributed by atoms with van der Waals surface area (Å²) in [5.74, 6) is 0.626. The van der Waals surface area contributed by atoms with Crippen molar-refractivity contribution in [3.63, 3.8) is 0 Å². The molecule has 3 N–H and O–H groups in total. The van der Waals surface area contributed by atoms with E-state index in [-0.39, 0.29) is 6.04 Å². The Bertz CT molecular complexity index is 1080. The molecule has 0 fully saturated rings. The average molecular weight is 303 g/mol. The second kappa shape index (κ2) is 4.89. The van der Waals surface area contributed by atoms with Crippen LogP contribution in [0.5, 0.6) is 0 Å². The number of hydrogen-bond donors (Lipinski definition) is 2. The Morgan fingerprint density at radius 1 is 1.13 bits per heavy atom. The Labute approximate surface area is 133 Å². The third kappa shape index (κ3) is 2.11. The van der Waals surface area contributed by atoms with Gasteiger partial charge in [0.1, 0.15) is 11.2 Å². The quantitative estimate of drug-likeness (QED) is 0.413. The standard InChI is InChI=1S/C19H17N3O/c1-10-7-16-17(8-14(10)11(2)20)23-18-9-15(21)12-5-3-4-6-13(12)19(18)22-16/h3-9,11,21H,20H2,1-2H3. The Morgan fingerprint density at radius 2 is 1.87 bits per heavy atom. The van der Waals surface area contributed by atoms with Crippen molar-refractivity contribution >= 4 is 21.9 Å². The van der Waals surface area contributed by atoms with Gasteiger partial charge >= 0.3 is 0 Å². The summed E-state index contributed by atoms with van der Waals surface area (Å²) < 4.78 is 6.04. The zero-order chi connectivity index (χ0) is 16.1. The predicted molar refractivity (Wildman–Crippen MR) is 91.3 cm³/mol. The van der Waals surface area contributed by atoms with Gasteiger partial charge < -0.3 is 15.6 Å². The number of rotatable bonds is 1. The number of nitrogens with zero attached hydrogens (tertiary/aromatic N) is 1. The molecule has 4 rings (SSSR count). The first-order chi connectivity index (χ1) is 11.0.